The number of carbonyl (C=O) groups excluding carboxylic acids is 2. The minimum atomic E-state index is -0.653. The van der Waals surface area contributed by atoms with Crippen molar-refractivity contribution in [2.75, 3.05) is 14.2 Å². The lowest BCUT2D eigenvalue weighted by Gasteiger charge is -2.02. The first-order chi connectivity index (χ1) is 11.8. The molecule has 134 valence electrons. The lowest BCUT2D eigenvalue weighted by molar-refractivity contribution is 0.0586. The number of carbonyl (C=O) groups is 2. The Labute approximate surface area is 152 Å². The number of methoxy groups -OCH3 is 2. The average molecular weight is 415 g/mol. The van der Waals surface area contributed by atoms with Gasteiger partial charge in [-0.25, -0.2) is 18.4 Å². The molecule has 0 aromatic heterocycles. The number of halogens is 3. The molecule has 2 aromatic carbocycles. The number of aryl methyl sites for hydroxylation is 1. The highest BCUT2D eigenvalue weighted by Crippen LogP contribution is 2.14. The molecule has 4 nitrogen and oxygen atoms in total. The maximum Gasteiger partial charge on any atom is 0.340 e. The summed E-state index contributed by atoms with van der Waals surface area (Å²) < 4.78 is 34.7. The smallest absolute Gasteiger partial charge is 0.340 e. The molecular weight excluding hydrogens is 398 g/mol. The quantitative estimate of drug-likeness (QED) is 0.550. The van der Waals surface area contributed by atoms with E-state index in [1.54, 1.807) is 19.1 Å². The van der Waals surface area contributed by atoms with Crippen LogP contribution in [0.5, 0.6) is 0 Å². The molecule has 0 spiro atoms. The summed E-state index contributed by atoms with van der Waals surface area (Å²) >= 11 is 3.21. The Morgan fingerprint density at radius 1 is 0.920 bits per heavy atom. The predicted molar refractivity (Wildman–Crippen MR) is 92.8 cm³/mol. The number of benzene rings is 2. The van der Waals surface area contributed by atoms with Crippen LogP contribution in [0.3, 0.4) is 0 Å². The lowest BCUT2D eigenvalue weighted by atomic mass is 10.1. The Balaban J connectivity index is 0.000000251. The molecule has 0 N–H and O–H groups in total. The molecule has 0 heterocycles. The molecule has 2 aromatic rings. The van der Waals surface area contributed by atoms with Crippen LogP contribution < -0.4 is 0 Å². The third-order valence-electron chi connectivity index (χ3n) is 3.12. The SMILES string of the molecule is COC(=O)c1cc(C)ccc1F.COC(=O)c1cc(CBr)ccc1F. The highest BCUT2D eigenvalue weighted by atomic mass is 79.9. The van der Waals surface area contributed by atoms with E-state index in [1.165, 1.54) is 38.5 Å². The summed E-state index contributed by atoms with van der Waals surface area (Å²) in [4.78, 5) is 21.9. The molecule has 0 aliphatic rings. The molecular formula is C18H17BrF2O4. The standard InChI is InChI=1S/C9H8BrFO2.C9H9FO2/c1-13-9(12)7-4-6(5-10)2-3-8(7)11;1-6-3-4-8(10)7(5-6)9(11)12-2/h2-4H,5H2,1H3;3-5H,1-2H3. The fourth-order valence-corrected chi connectivity index (χ4v) is 2.18. The number of alkyl halides is 1. The van der Waals surface area contributed by atoms with E-state index in [1.807, 2.05) is 0 Å². The highest BCUT2D eigenvalue weighted by molar-refractivity contribution is 9.08. The van der Waals surface area contributed by atoms with Gasteiger partial charge in [0, 0.05) is 5.33 Å². The predicted octanol–water partition coefficient (Wildman–Crippen LogP) is 4.43. The Bertz CT molecular complexity index is 763. The number of esters is 2. The van der Waals surface area contributed by atoms with Crippen LogP contribution in [-0.4, -0.2) is 26.2 Å². The molecule has 25 heavy (non-hydrogen) atoms. The molecule has 0 saturated heterocycles. The van der Waals surface area contributed by atoms with Gasteiger partial charge in [-0.2, -0.15) is 0 Å². The summed E-state index contributed by atoms with van der Waals surface area (Å²) in [6.07, 6.45) is 0. The minimum absolute atomic E-state index is 0.0162. The van der Waals surface area contributed by atoms with E-state index in [-0.39, 0.29) is 11.1 Å². The molecule has 0 amide bonds. The summed E-state index contributed by atoms with van der Waals surface area (Å²) in [6.45, 7) is 1.78. The van der Waals surface area contributed by atoms with E-state index in [4.69, 9.17) is 0 Å². The average Bonchev–Trinajstić information content (AvgIpc) is 2.63. The van der Waals surface area contributed by atoms with Crippen molar-refractivity contribution in [3.8, 4) is 0 Å². The fourth-order valence-electron chi connectivity index (χ4n) is 1.83. The van der Waals surface area contributed by atoms with Crippen LogP contribution >= 0.6 is 15.9 Å². The highest BCUT2D eigenvalue weighted by Gasteiger charge is 2.12. The lowest BCUT2D eigenvalue weighted by Crippen LogP contribution is -2.04. The zero-order chi connectivity index (χ0) is 19.0. The molecule has 0 aliphatic heterocycles. The second kappa shape index (κ2) is 9.88. The monoisotopic (exact) mass is 414 g/mol. The van der Waals surface area contributed by atoms with E-state index < -0.39 is 23.6 Å². The maximum atomic E-state index is 13.0. The number of hydrogen-bond donors (Lipinski definition) is 0. The zero-order valence-corrected chi connectivity index (χ0v) is 15.5. The Hall–Kier alpha value is -2.28. The van der Waals surface area contributed by atoms with Crippen molar-refractivity contribution < 1.29 is 27.8 Å². The van der Waals surface area contributed by atoms with Crippen LogP contribution in [0.1, 0.15) is 31.8 Å². The zero-order valence-electron chi connectivity index (χ0n) is 13.9. The summed E-state index contributed by atoms with van der Waals surface area (Å²) in [7, 11) is 2.45. The second-order valence-corrected chi connectivity index (χ2v) is 5.48. The van der Waals surface area contributed by atoms with Crippen LogP contribution in [0.15, 0.2) is 36.4 Å². The first-order valence-corrected chi connectivity index (χ1v) is 8.23. The van der Waals surface area contributed by atoms with E-state index in [2.05, 4.69) is 25.4 Å². The molecule has 0 bridgehead atoms. The molecule has 0 radical (unpaired) electrons. The number of rotatable bonds is 3. The van der Waals surface area contributed by atoms with Gasteiger partial charge in [0.25, 0.3) is 0 Å². The fraction of sp³-hybridized carbons (Fsp3) is 0.222. The largest absolute Gasteiger partial charge is 0.465 e. The van der Waals surface area contributed by atoms with Crippen LogP contribution in [-0.2, 0) is 14.8 Å². The topological polar surface area (TPSA) is 52.6 Å². The number of hydrogen-bond acceptors (Lipinski definition) is 4. The van der Waals surface area contributed by atoms with Gasteiger partial charge in [-0.15, -0.1) is 0 Å². The molecule has 0 unspecified atom stereocenters. The van der Waals surface area contributed by atoms with Crippen molar-refractivity contribution in [1.82, 2.24) is 0 Å². The minimum Gasteiger partial charge on any atom is -0.465 e. The summed E-state index contributed by atoms with van der Waals surface area (Å²) in [6, 6.07) is 8.64. The van der Waals surface area contributed by atoms with Crippen LogP contribution in [0.25, 0.3) is 0 Å². The van der Waals surface area contributed by atoms with Crippen LogP contribution in [0.4, 0.5) is 8.78 Å². The van der Waals surface area contributed by atoms with Gasteiger partial charge in [0.05, 0.1) is 25.3 Å². The van der Waals surface area contributed by atoms with Gasteiger partial charge in [-0.3, -0.25) is 0 Å². The molecule has 0 atom stereocenters. The Kier molecular flexibility index (Phi) is 8.21. The van der Waals surface area contributed by atoms with Crippen molar-refractivity contribution >= 4 is 27.9 Å². The first kappa shape index (κ1) is 20.8. The van der Waals surface area contributed by atoms with Crippen LogP contribution in [0.2, 0.25) is 0 Å². The summed E-state index contributed by atoms with van der Waals surface area (Å²) in [5.74, 6) is -2.40. The van der Waals surface area contributed by atoms with Gasteiger partial charge in [-0.1, -0.05) is 33.6 Å². The molecule has 0 saturated carbocycles. The van der Waals surface area contributed by atoms with Gasteiger partial charge in [-0.05, 0) is 36.8 Å². The third-order valence-corrected chi connectivity index (χ3v) is 3.77. The Morgan fingerprint density at radius 3 is 1.88 bits per heavy atom. The van der Waals surface area contributed by atoms with Crippen LogP contribution in [0, 0.1) is 18.6 Å². The van der Waals surface area contributed by atoms with E-state index >= 15 is 0 Å². The first-order valence-electron chi connectivity index (χ1n) is 7.11. The van der Waals surface area contributed by atoms with Gasteiger partial charge < -0.3 is 9.47 Å². The normalized spacial score (nSPS) is 9.68. The van der Waals surface area contributed by atoms with Crippen molar-refractivity contribution in [3.05, 3.63) is 70.3 Å². The van der Waals surface area contributed by atoms with Gasteiger partial charge in [0.15, 0.2) is 0 Å². The third kappa shape index (κ3) is 5.94. The molecule has 7 heteroatoms. The Morgan fingerprint density at radius 2 is 1.40 bits per heavy atom. The maximum absolute atomic E-state index is 13.0. The van der Waals surface area contributed by atoms with Gasteiger partial charge in [0.2, 0.25) is 0 Å². The molecule has 2 rings (SSSR count). The van der Waals surface area contributed by atoms with Crippen molar-refractivity contribution in [2.45, 2.75) is 12.3 Å². The van der Waals surface area contributed by atoms with Crippen molar-refractivity contribution in [3.63, 3.8) is 0 Å². The molecule has 0 fully saturated rings. The summed E-state index contributed by atoms with van der Waals surface area (Å²) in [5, 5.41) is 0.581. The van der Waals surface area contributed by atoms with Gasteiger partial charge in [0.1, 0.15) is 11.6 Å². The van der Waals surface area contributed by atoms with E-state index in [0.717, 1.165) is 11.1 Å². The second-order valence-electron chi connectivity index (χ2n) is 4.91. The van der Waals surface area contributed by atoms with E-state index in [9.17, 15) is 18.4 Å². The van der Waals surface area contributed by atoms with Crippen molar-refractivity contribution in [1.29, 1.82) is 0 Å². The number of ether oxygens (including phenoxy) is 2. The van der Waals surface area contributed by atoms with Gasteiger partial charge >= 0.3 is 11.9 Å². The summed E-state index contributed by atoms with van der Waals surface area (Å²) in [5.41, 5.74) is 1.62. The van der Waals surface area contributed by atoms with Crippen molar-refractivity contribution in [2.24, 2.45) is 0 Å². The molecule has 0 aliphatic carbocycles. The van der Waals surface area contributed by atoms with E-state index in [0.29, 0.717) is 5.33 Å².